The van der Waals surface area contributed by atoms with Gasteiger partial charge in [0.1, 0.15) is 24.0 Å². The molecule has 1 saturated carbocycles. The fourth-order valence-corrected chi connectivity index (χ4v) is 10.3. The van der Waals surface area contributed by atoms with E-state index in [0.29, 0.717) is 34.4 Å². The Labute approximate surface area is 348 Å². The van der Waals surface area contributed by atoms with Crippen molar-refractivity contribution in [3.8, 4) is 11.8 Å². The molecule has 13 nitrogen and oxygen atoms in total. The minimum Gasteiger partial charge on any atom is -0.489 e. The lowest BCUT2D eigenvalue weighted by molar-refractivity contribution is -0.164. The van der Waals surface area contributed by atoms with Crippen LogP contribution in [0.15, 0.2) is 60.7 Å². The number of nitriles is 1. The minimum absolute atomic E-state index is 0.0832. The number of hydrogen-bond acceptors (Lipinski definition) is 10. The van der Waals surface area contributed by atoms with Crippen LogP contribution in [-0.4, -0.2) is 91.5 Å². The van der Waals surface area contributed by atoms with Crippen molar-refractivity contribution in [3.05, 3.63) is 87.9 Å². The first-order valence-electron chi connectivity index (χ1n) is 20.4. The van der Waals surface area contributed by atoms with E-state index in [4.69, 9.17) is 21.1 Å². The Morgan fingerprint density at radius 2 is 1.54 bits per heavy atom. The fourth-order valence-electron chi connectivity index (χ4n) is 10.0. The summed E-state index contributed by atoms with van der Waals surface area (Å²) >= 11 is 6.25. The monoisotopic (exact) mass is 820 g/mol. The summed E-state index contributed by atoms with van der Waals surface area (Å²) in [5.74, 6) is -1.23. The van der Waals surface area contributed by atoms with Gasteiger partial charge in [-0.05, 0) is 80.3 Å². The number of rotatable bonds is 10. The SMILES string of the molecule is CC1(C)C(NC(=O)c2ccc(N3CCC(OC[C@@H]4CCN(c5ccc6c(c5)C(=O)N([C@@H]5CCC(=O)NC5=O)C6=O)C4)CC3)cc2)C(C)(C)C1Oc1ccc(C#N)c(Cl)c1. The summed E-state index contributed by atoms with van der Waals surface area (Å²) in [6, 6.07) is 19.1. The number of amides is 5. The third kappa shape index (κ3) is 7.53. The number of carbonyl (C=O) groups is 5. The highest BCUT2D eigenvalue weighted by atomic mass is 35.5. The normalized spacial score (nSPS) is 25.0. The van der Waals surface area contributed by atoms with E-state index in [1.165, 1.54) is 0 Å². The van der Waals surface area contributed by atoms with Gasteiger partial charge in [0.15, 0.2) is 0 Å². The van der Waals surface area contributed by atoms with Gasteiger partial charge in [-0.3, -0.25) is 34.2 Å². The summed E-state index contributed by atoms with van der Waals surface area (Å²) < 4.78 is 12.8. The van der Waals surface area contributed by atoms with Crippen molar-refractivity contribution in [2.45, 2.75) is 84.1 Å². The van der Waals surface area contributed by atoms with Crippen molar-refractivity contribution in [2.24, 2.45) is 16.7 Å². The summed E-state index contributed by atoms with van der Waals surface area (Å²) in [5.41, 5.74) is 2.77. The average Bonchev–Trinajstić information content (AvgIpc) is 3.80. The second-order valence-corrected chi connectivity index (χ2v) is 18.1. The van der Waals surface area contributed by atoms with E-state index in [2.05, 4.69) is 54.2 Å². The second kappa shape index (κ2) is 15.6. The zero-order valence-corrected chi connectivity index (χ0v) is 34.5. The Bertz CT molecular complexity index is 2230. The van der Waals surface area contributed by atoms with Crippen LogP contribution in [0.5, 0.6) is 5.75 Å². The van der Waals surface area contributed by atoms with Crippen LogP contribution in [0, 0.1) is 28.1 Å². The molecule has 3 saturated heterocycles. The zero-order chi connectivity index (χ0) is 41.8. The first-order valence-corrected chi connectivity index (χ1v) is 20.8. The summed E-state index contributed by atoms with van der Waals surface area (Å²) in [4.78, 5) is 69.5. The third-order valence-corrected chi connectivity index (χ3v) is 13.3. The molecule has 5 amide bonds. The predicted molar refractivity (Wildman–Crippen MR) is 220 cm³/mol. The number of piperidine rings is 2. The highest BCUT2D eigenvalue weighted by Crippen LogP contribution is 2.55. The van der Waals surface area contributed by atoms with Crippen molar-refractivity contribution in [1.82, 2.24) is 15.5 Å². The molecule has 0 aromatic heterocycles. The summed E-state index contributed by atoms with van der Waals surface area (Å²) in [7, 11) is 0. The van der Waals surface area contributed by atoms with Crippen LogP contribution in [-0.2, 0) is 14.3 Å². The molecule has 4 heterocycles. The van der Waals surface area contributed by atoms with E-state index in [-0.39, 0.29) is 59.0 Å². The molecule has 8 rings (SSSR count). The third-order valence-electron chi connectivity index (χ3n) is 13.0. The molecule has 2 N–H and O–H groups in total. The highest BCUT2D eigenvalue weighted by Gasteiger charge is 2.64. The molecule has 14 heteroatoms. The van der Waals surface area contributed by atoms with Crippen molar-refractivity contribution < 1.29 is 33.4 Å². The summed E-state index contributed by atoms with van der Waals surface area (Å²) in [5, 5.41) is 15.1. The van der Waals surface area contributed by atoms with Crippen LogP contribution < -0.4 is 25.2 Å². The Balaban J connectivity index is 0.786. The van der Waals surface area contributed by atoms with Crippen LogP contribution >= 0.6 is 11.6 Å². The van der Waals surface area contributed by atoms with E-state index in [0.717, 1.165) is 61.7 Å². The van der Waals surface area contributed by atoms with Gasteiger partial charge < -0.3 is 24.6 Å². The maximum absolute atomic E-state index is 13.5. The molecule has 4 fully saturated rings. The molecule has 0 radical (unpaired) electrons. The van der Waals surface area contributed by atoms with Gasteiger partial charge in [0, 0.05) is 78.4 Å². The Morgan fingerprint density at radius 3 is 2.22 bits per heavy atom. The van der Waals surface area contributed by atoms with Gasteiger partial charge in [-0.25, -0.2) is 0 Å². The molecule has 0 bridgehead atoms. The Hall–Kier alpha value is -5.45. The largest absolute Gasteiger partial charge is 0.489 e. The smallest absolute Gasteiger partial charge is 0.262 e. The number of nitrogens with zero attached hydrogens (tertiary/aromatic N) is 4. The van der Waals surface area contributed by atoms with E-state index in [1.807, 2.05) is 30.3 Å². The van der Waals surface area contributed by atoms with Gasteiger partial charge >= 0.3 is 0 Å². The van der Waals surface area contributed by atoms with Crippen LogP contribution in [0.2, 0.25) is 5.02 Å². The van der Waals surface area contributed by atoms with Gasteiger partial charge in [0.05, 0.1) is 34.4 Å². The van der Waals surface area contributed by atoms with Gasteiger partial charge in [-0.2, -0.15) is 5.26 Å². The highest BCUT2D eigenvalue weighted by molar-refractivity contribution is 6.31. The minimum atomic E-state index is -0.984. The molecule has 308 valence electrons. The predicted octanol–water partition coefficient (Wildman–Crippen LogP) is 5.74. The van der Waals surface area contributed by atoms with E-state index in [9.17, 15) is 29.2 Å². The number of imide groups is 2. The van der Waals surface area contributed by atoms with Gasteiger partial charge in [-0.1, -0.05) is 39.3 Å². The van der Waals surface area contributed by atoms with Gasteiger partial charge in [0.25, 0.3) is 17.7 Å². The zero-order valence-electron chi connectivity index (χ0n) is 33.8. The molecule has 0 unspecified atom stereocenters. The summed E-state index contributed by atoms with van der Waals surface area (Å²) in [6.45, 7) is 12.3. The van der Waals surface area contributed by atoms with Crippen LogP contribution in [0.4, 0.5) is 11.4 Å². The number of fused-ring (bicyclic) bond motifs is 1. The summed E-state index contributed by atoms with van der Waals surface area (Å²) in [6.07, 6.45) is 2.92. The Morgan fingerprint density at radius 1 is 0.864 bits per heavy atom. The van der Waals surface area contributed by atoms with Crippen molar-refractivity contribution in [2.75, 3.05) is 42.6 Å². The number of halogens is 1. The second-order valence-electron chi connectivity index (χ2n) is 17.6. The molecule has 2 atom stereocenters. The van der Waals surface area contributed by atoms with Crippen LogP contribution in [0.3, 0.4) is 0 Å². The van der Waals surface area contributed by atoms with E-state index >= 15 is 0 Å². The molecule has 3 aromatic carbocycles. The van der Waals surface area contributed by atoms with Gasteiger partial charge in [0.2, 0.25) is 11.8 Å². The molecular formula is C45H49ClN6O7. The number of ether oxygens (including phenoxy) is 2. The van der Waals surface area contributed by atoms with Crippen molar-refractivity contribution >= 4 is 52.5 Å². The number of nitrogens with one attached hydrogen (secondary N) is 2. The molecule has 1 aliphatic carbocycles. The average molecular weight is 821 g/mol. The fraction of sp³-hybridized carbons (Fsp3) is 0.467. The lowest BCUT2D eigenvalue weighted by Gasteiger charge is -2.63. The first kappa shape index (κ1) is 40.3. The van der Waals surface area contributed by atoms with Crippen molar-refractivity contribution in [1.29, 1.82) is 5.26 Å². The Kier molecular flexibility index (Phi) is 10.7. The number of anilines is 2. The molecule has 4 aliphatic heterocycles. The van der Waals surface area contributed by atoms with Crippen LogP contribution in [0.25, 0.3) is 0 Å². The number of hydrogen-bond donors (Lipinski definition) is 2. The lowest BCUT2D eigenvalue weighted by atomic mass is 9.49. The molecule has 0 spiro atoms. The maximum Gasteiger partial charge on any atom is 0.262 e. The molecule has 59 heavy (non-hydrogen) atoms. The van der Waals surface area contributed by atoms with E-state index < -0.39 is 29.7 Å². The van der Waals surface area contributed by atoms with E-state index in [1.54, 1.807) is 30.3 Å². The first-order chi connectivity index (χ1) is 28.1. The topological polar surface area (TPSA) is 161 Å². The van der Waals surface area contributed by atoms with Crippen molar-refractivity contribution in [3.63, 3.8) is 0 Å². The molecular weight excluding hydrogens is 772 g/mol. The standard InChI is InChI=1S/C45H49ClN6O7/c1-44(2)42(45(3,4)43(44)59-32-11-7-28(23-47)35(46)22-32)49-38(54)27-5-8-29(9-6-27)50-19-16-31(17-20-50)58-25-26-15-18-51(24-26)30-10-12-33-34(21-30)41(57)52(40(33)56)36-13-14-37(53)48-39(36)55/h5-12,21-22,26,31,36,42-43H,13-20,24-25H2,1-4H3,(H,49,54)(H,48,53,55)/t26-,36-,42?,43?/m1/s1. The lowest BCUT2D eigenvalue weighted by Crippen LogP contribution is -2.74. The molecule has 3 aromatic rings. The number of carbonyl (C=O) groups excluding carboxylic acids is 5. The molecule has 5 aliphatic rings. The number of benzene rings is 3. The maximum atomic E-state index is 13.5. The van der Waals surface area contributed by atoms with Crippen LogP contribution in [0.1, 0.15) is 96.4 Å². The van der Waals surface area contributed by atoms with Gasteiger partial charge in [-0.15, -0.1) is 0 Å². The quantitative estimate of drug-likeness (QED) is 0.242.